The highest BCUT2D eigenvalue weighted by atomic mass is 32.2. The number of nitro benzene ring substituents is 1. The van der Waals surface area contributed by atoms with Crippen LogP contribution in [0.25, 0.3) is 0 Å². The minimum absolute atomic E-state index is 0.0190. The summed E-state index contributed by atoms with van der Waals surface area (Å²) in [6.45, 7) is 0.0190. The van der Waals surface area contributed by atoms with Crippen molar-refractivity contribution in [3.63, 3.8) is 0 Å². The van der Waals surface area contributed by atoms with Crippen LogP contribution in [0.4, 0.5) is 11.4 Å². The van der Waals surface area contributed by atoms with Crippen LogP contribution in [0, 0.1) is 10.1 Å². The van der Waals surface area contributed by atoms with E-state index in [1.807, 2.05) is 0 Å². The van der Waals surface area contributed by atoms with Gasteiger partial charge in [-0.1, -0.05) is 12.1 Å². The number of pyridine rings is 1. The van der Waals surface area contributed by atoms with Crippen molar-refractivity contribution in [3.8, 4) is 5.75 Å². The lowest BCUT2D eigenvalue weighted by molar-refractivity contribution is -0.385. The number of aromatic nitrogens is 1. The van der Waals surface area contributed by atoms with Crippen molar-refractivity contribution < 1.29 is 18.1 Å². The van der Waals surface area contributed by atoms with Crippen LogP contribution in [0.15, 0.2) is 78.0 Å². The molecule has 9 heteroatoms. The van der Waals surface area contributed by atoms with Crippen LogP contribution in [0.5, 0.6) is 5.75 Å². The molecule has 1 aromatic heterocycles. The fourth-order valence-corrected chi connectivity index (χ4v) is 4.10. The van der Waals surface area contributed by atoms with E-state index in [4.69, 9.17) is 4.74 Å². The van der Waals surface area contributed by atoms with E-state index >= 15 is 0 Å². The van der Waals surface area contributed by atoms with Gasteiger partial charge in [0, 0.05) is 24.5 Å². The Kier molecular flexibility index (Phi) is 5.55. The van der Waals surface area contributed by atoms with Gasteiger partial charge in [-0.2, -0.15) is 0 Å². The second-order valence-electron chi connectivity index (χ2n) is 5.83. The van der Waals surface area contributed by atoms with Gasteiger partial charge in [-0.25, -0.2) is 8.42 Å². The van der Waals surface area contributed by atoms with Crippen molar-refractivity contribution in [2.45, 2.75) is 11.4 Å². The van der Waals surface area contributed by atoms with E-state index in [1.165, 1.54) is 29.6 Å². The van der Waals surface area contributed by atoms with Crippen molar-refractivity contribution >= 4 is 21.4 Å². The monoisotopic (exact) mass is 399 g/mol. The Morgan fingerprint density at radius 1 is 1.11 bits per heavy atom. The summed E-state index contributed by atoms with van der Waals surface area (Å²) in [7, 11) is -2.55. The molecule has 0 aliphatic rings. The summed E-state index contributed by atoms with van der Waals surface area (Å²) < 4.78 is 32.9. The van der Waals surface area contributed by atoms with E-state index in [0.717, 1.165) is 6.07 Å². The average molecular weight is 399 g/mol. The summed E-state index contributed by atoms with van der Waals surface area (Å²) in [6, 6.07) is 15.0. The van der Waals surface area contributed by atoms with Crippen LogP contribution in [0.1, 0.15) is 5.56 Å². The molecule has 28 heavy (non-hydrogen) atoms. The zero-order valence-corrected chi connectivity index (χ0v) is 15.7. The zero-order chi connectivity index (χ0) is 20.1. The number of hydrogen-bond acceptors (Lipinski definition) is 6. The van der Waals surface area contributed by atoms with Gasteiger partial charge in [-0.15, -0.1) is 0 Å². The first-order valence-corrected chi connectivity index (χ1v) is 9.66. The maximum atomic E-state index is 13.3. The minimum atomic E-state index is -4.07. The van der Waals surface area contributed by atoms with Crippen LogP contribution in [0.3, 0.4) is 0 Å². The normalized spacial score (nSPS) is 11.0. The van der Waals surface area contributed by atoms with Gasteiger partial charge in [-0.3, -0.25) is 19.4 Å². The lowest BCUT2D eigenvalue weighted by Crippen LogP contribution is -2.30. The van der Waals surface area contributed by atoms with Gasteiger partial charge in [0.05, 0.1) is 29.2 Å². The summed E-state index contributed by atoms with van der Waals surface area (Å²) in [5, 5.41) is 11.1. The smallest absolute Gasteiger partial charge is 0.270 e. The minimum Gasteiger partial charge on any atom is -0.497 e. The Morgan fingerprint density at radius 3 is 2.46 bits per heavy atom. The first kappa shape index (κ1) is 19.3. The molecular weight excluding hydrogens is 382 g/mol. The van der Waals surface area contributed by atoms with Gasteiger partial charge in [0.15, 0.2) is 0 Å². The molecule has 3 rings (SSSR count). The molecule has 0 aliphatic carbocycles. The number of non-ortho nitro benzene ring substituents is 1. The van der Waals surface area contributed by atoms with Crippen molar-refractivity contribution in [3.05, 3.63) is 88.7 Å². The van der Waals surface area contributed by atoms with Crippen molar-refractivity contribution in [1.82, 2.24) is 4.98 Å². The molecule has 0 aliphatic heterocycles. The third-order valence-corrected chi connectivity index (χ3v) is 5.80. The van der Waals surface area contributed by atoms with Gasteiger partial charge >= 0.3 is 0 Å². The molecule has 144 valence electrons. The highest BCUT2D eigenvalue weighted by Gasteiger charge is 2.27. The number of sulfonamides is 1. The Morgan fingerprint density at radius 2 is 1.86 bits per heavy atom. The third-order valence-electron chi connectivity index (χ3n) is 4.03. The molecule has 0 amide bonds. The van der Waals surface area contributed by atoms with Crippen molar-refractivity contribution in [1.29, 1.82) is 0 Å². The molecular formula is C19H17N3O5S. The molecule has 8 nitrogen and oxygen atoms in total. The second-order valence-corrected chi connectivity index (χ2v) is 7.69. The number of anilines is 1. The first-order valence-electron chi connectivity index (χ1n) is 8.22. The quantitative estimate of drug-likeness (QED) is 0.446. The summed E-state index contributed by atoms with van der Waals surface area (Å²) in [5.74, 6) is 0.581. The van der Waals surface area contributed by atoms with Crippen LogP contribution in [-0.2, 0) is 16.6 Å². The van der Waals surface area contributed by atoms with Gasteiger partial charge in [0.2, 0.25) is 0 Å². The van der Waals surface area contributed by atoms with Gasteiger partial charge in [-0.05, 0) is 42.0 Å². The Balaban J connectivity index is 2.08. The van der Waals surface area contributed by atoms with Crippen molar-refractivity contribution in [2.75, 3.05) is 11.4 Å². The first-order chi connectivity index (χ1) is 13.4. The van der Waals surface area contributed by atoms with E-state index < -0.39 is 14.9 Å². The average Bonchev–Trinajstić information content (AvgIpc) is 2.73. The standard InChI is InChI=1S/C19H17N3O5S/c1-27-18-9-7-16(8-10-18)21(14-15-4-3-11-20-13-15)28(25,26)19-6-2-5-17(12-19)22(23)24/h2-13H,14H2,1H3. The fourth-order valence-electron chi connectivity index (χ4n) is 2.61. The predicted molar refractivity (Wildman–Crippen MR) is 104 cm³/mol. The highest BCUT2D eigenvalue weighted by molar-refractivity contribution is 7.92. The maximum Gasteiger partial charge on any atom is 0.270 e. The molecule has 0 atom stereocenters. The largest absolute Gasteiger partial charge is 0.497 e. The molecule has 0 fully saturated rings. The van der Waals surface area contributed by atoms with E-state index in [2.05, 4.69) is 4.98 Å². The van der Waals surface area contributed by atoms with E-state index in [9.17, 15) is 18.5 Å². The van der Waals surface area contributed by atoms with E-state index in [1.54, 1.807) is 48.8 Å². The molecule has 0 saturated carbocycles. The summed E-state index contributed by atoms with van der Waals surface area (Å²) in [6.07, 6.45) is 3.16. The Hall–Kier alpha value is -3.46. The number of hydrogen-bond donors (Lipinski definition) is 0. The number of rotatable bonds is 7. The lowest BCUT2D eigenvalue weighted by Gasteiger charge is -2.24. The number of ether oxygens (including phenoxy) is 1. The summed E-state index contributed by atoms with van der Waals surface area (Å²) in [4.78, 5) is 14.3. The predicted octanol–water partition coefficient (Wildman–Crippen LogP) is 3.39. The number of nitrogens with zero attached hydrogens (tertiary/aromatic N) is 3. The summed E-state index contributed by atoms with van der Waals surface area (Å²) >= 11 is 0. The van der Waals surface area contributed by atoms with Crippen LogP contribution >= 0.6 is 0 Å². The highest BCUT2D eigenvalue weighted by Crippen LogP contribution is 2.29. The Labute approximate surface area is 162 Å². The lowest BCUT2D eigenvalue weighted by atomic mass is 10.2. The summed E-state index contributed by atoms with van der Waals surface area (Å²) in [5.41, 5.74) is 0.778. The molecule has 2 aromatic carbocycles. The fraction of sp³-hybridized carbons (Fsp3) is 0.105. The Bertz CT molecular complexity index is 1070. The molecule has 0 saturated heterocycles. The van der Waals surface area contributed by atoms with E-state index in [0.29, 0.717) is 17.0 Å². The maximum absolute atomic E-state index is 13.3. The molecule has 3 aromatic rings. The van der Waals surface area contributed by atoms with Gasteiger partial charge < -0.3 is 4.74 Å². The second kappa shape index (κ2) is 8.05. The molecule has 0 bridgehead atoms. The molecule has 0 N–H and O–H groups in total. The number of nitro groups is 1. The van der Waals surface area contributed by atoms with Crippen LogP contribution < -0.4 is 9.04 Å². The van der Waals surface area contributed by atoms with Gasteiger partial charge in [0.25, 0.3) is 15.7 Å². The van der Waals surface area contributed by atoms with Gasteiger partial charge in [0.1, 0.15) is 5.75 Å². The number of benzene rings is 2. The zero-order valence-electron chi connectivity index (χ0n) is 14.9. The topological polar surface area (TPSA) is 103 Å². The van der Waals surface area contributed by atoms with E-state index in [-0.39, 0.29) is 17.1 Å². The third kappa shape index (κ3) is 4.09. The SMILES string of the molecule is COc1ccc(N(Cc2cccnc2)S(=O)(=O)c2cccc([N+](=O)[O-])c2)cc1. The molecule has 0 spiro atoms. The van der Waals surface area contributed by atoms with Crippen LogP contribution in [-0.4, -0.2) is 25.4 Å². The number of methoxy groups -OCH3 is 1. The van der Waals surface area contributed by atoms with Crippen LogP contribution in [0.2, 0.25) is 0 Å². The molecule has 0 unspecified atom stereocenters. The molecule has 1 heterocycles. The molecule has 0 radical (unpaired) electrons. The van der Waals surface area contributed by atoms with Crippen molar-refractivity contribution in [2.24, 2.45) is 0 Å².